The Morgan fingerprint density at radius 1 is 0.800 bits per heavy atom. The van der Waals surface area contributed by atoms with Gasteiger partial charge < -0.3 is 14.2 Å². The standard InChI is InChI=1S/C22H21NO6S/c1-23(20-6-4-5-7-21(20)28-3)30(25,26)19-14-8-16(9-15-19)22(24)29-18-12-10-17(27-2)11-13-18/h4-15H,1-3H3. The summed E-state index contributed by atoms with van der Waals surface area (Å²) in [5.74, 6) is 0.836. The normalized spacial score (nSPS) is 10.9. The summed E-state index contributed by atoms with van der Waals surface area (Å²) in [5, 5.41) is 0. The SMILES string of the molecule is COc1ccc(OC(=O)c2ccc(S(=O)(=O)N(C)c3ccccc3OC)cc2)cc1. The van der Waals surface area contributed by atoms with E-state index in [-0.39, 0.29) is 10.5 Å². The number of esters is 1. The number of benzene rings is 3. The molecular weight excluding hydrogens is 406 g/mol. The van der Waals surface area contributed by atoms with Crippen LogP contribution in [0.5, 0.6) is 17.2 Å². The molecule has 7 nitrogen and oxygen atoms in total. The summed E-state index contributed by atoms with van der Waals surface area (Å²) in [6.45, 7) is 0. The zero-order valence-electron chi connectivity index (χ0n) is 16.7. The lowest BCUT2D eigenvalue weighted by atomic mass is 10.2. The molecule has 0 aliphatic rings. The fraction of sp³-hybridized carbons (Fsp3) is 0.136. The molecule has 0 saturated heterocycles. The molecule has 0 bridgehead atoms. The molecule has 0 aliphatic heterocycles. The number of hydrogen-bond donors (Lipinski definition) is 0. The van der Waals surface area contributed by atoms with Gasteiger partial charge in [-0.1, -0.05) is 12.1 Å². The Kier molecular flexibility index (Phi) is 6.27. The lowest BCUT2D eigenvalue weighted by molar-refractivity contribution is 0.0734. The molecule has 0 fully saturated rings. The Balaban J connectivity index is 1.79. The maximum absolute atomic E-state index is 13.0. The number of sulfonamides is 1. The summed E-state index contributed by atoms with van der Waals surface area (Å²) in [6, 6.07) is 18.9. The Morgan fingerprint density at radius 2 is 1.40 bits per heavy atom. The maximum Gasteiger partial charge on any atom is 0.343 e. The number of anilines is 1. The van der Waals surface area contributed by atoms with Crippen LogP contribution in [-0.4, -0.2) is 35.7 Å². The van der Waals surface area contributed by atoms with Gasteiger partial charge >= 0.3 is 5.97 Å². The Morgan fingerprint density at radius 3 is 2.00 bits per heavy atom. The summed E-state index contributed by atoms with van der Waals surface area (Å²) >= 11 is 0. The molecule has 0 aliphatic carbocycles. The topological polar surface area (TPSA) is 82.1 Å². The summed E-state index contributed by atoms with van der Waals surface area (Å²) in [4.78, 5) is 12.4. The fourth-order valence-corrected chi connectivity index (χ4v) is 3.96. The molecule has 156 valence electrons. The molecule has 0 atom stereocenters. The first-order valence-corrected chi connectivity index (χ1v) is 10.4. The molecule has 0 N–H and O–H groups in total. The Hall–Kier alpha value is -3.52. The first-order chi connectivity index (χ1) is 14.4. The van der Waals surface area contributed by atoms with Crippen molar-refractivity contribution in [3.05, 3.63) is 78.4 Å². The molecule has 0 radical (unpaired) electrons. The second-order valence-electron chi connectivity index (χ2n) is 6.23. The minimum absolute atomic E-state index is 0.0388. The zero-order chi connectivity index (χ0) is 21.7. The van der Waals surface area contributed by atoms with E-state index in [2.05, 4.69) is 0 Å². The predicted octanol–water partition coefficient (Wildman–Crippen LogP) is 3.75. The quantitative estimate of drug-likeness (QED) is 0.422. The van der Waals surface area contributed by atoms with Crippen molar-refractivity contribution in [1.82, 2.24) is 0 Å². The third-order valence-corrected chi connectivity index (χ3v) is 6.23. The lowest BCUT2D eigenvalue weighted by Gasteiger charge is -2.21. The number of carbonyl (C=O) groups is 1. The van der Waals surface area contributed by atoms with Crippen LogP contribution in [0.1, 0.15) is 10.4 Å². The molecule has 0 aromatic heterocycles. The van der Waals surface area contributed by atoms with Crippen molar-refractivity contribution < 1.29 is 27.4 Å². The minimum Gasteiger partial charge on any atom is -0.497 e. The molecule has 3 aromatic carbocycles. The highest BCUT2D eigenvalue weighted by Gasteiger charge is 2.24. The maximum atomic E-state index is 13.0. The molecule has 8 heteroatoms. The number of carbonyl (C=O) groups excluding carboxylic acids is 1. The van der Waals surface area contributed by atoms with Gasteiger partial charge in [-0.25, -0.2) is 13.2 Å². The first kappa shape index (κ1) is 21.2. The van der Waals surface area contributed by atoms with E-state index in [0.29, 0.717) is 22.9 Å². The molecular formula is C22H21NO6S. The molecule has 0 spiro atoms. The van der Waals surface area contributed by atoms with Gasteiger partial charge in [0.1, 0.15) is 17.2 Å². The van der Waals surface area contributed by atoms with Crippen LogP contribution in [0.3, 0.4) is 0 Å². The van der Waals surface area contributed by atoms with Crippen molar-refractivity contribution in [3.8, 4) is 17.2 Å². The molecule has 0 amide bonds. The smallest absolute Gasteiger partial charge is 0.343 e. The van der Waals surface area contributed by atoms with E-state index in [4.69, 9.17) is 14.2 Å². The zero-order valence-corrected chi connectivity index (χ0v) is 17.5. The number of methoxy groups -OCH3 is 2. The van der Waals surface area contributed by atoms with E-state index in [1.807, 2.05) is 0 Å². The third-order valence-electron chi connectivity index (χ3n) is 4.44. The fourth-order valence-electron chi connectivity index (χ4n) is 2.75. The average molecular weight is 427 g/mol. The van der Waals surface area contributed by atoms with Gasteiger partial charge in [-0.05, 0) is 60.7 Å². The summed E-state index contributed by atoms with van der Waals surface area (Å²) in [7, 11) is 0.615. The van der Waals surface area contributed by atoms with Crippen molar-refractivity contribution in [3.63, 3.8) is 0 Å². The van der Waals surface area contributed by atoms with Crippen LogP contribution in [0.2, 0.25) is 0 Å². The minimum atomic E-state index is -3.85. The molecule has 0 heterocycles. The van der Waals surface area contributed by atoms with E-state index in [1.54, 1.807) is 55.6 Å². The Bertz CT molecular complexity index is 1130. The van der Waals surface area contributed by atoms with Crippen LogP contribution >= 0.6 is 0 Å². The lowest BCUT2D eigenvalue weighted by Crippen LogP contribution is -2.27. The van der Waals surface area contributed by atoms with Crippen molar-refractivity contribution in [1.29, 1.82) is 0 Å². The van der Waals surface area contributed by atoms with Gasteiger partial charge in [0.2, 0.25) is 0 Å². The van der Waals surface area contributed by atoms with Gasteiger partial charge in [0.25, 0.3) is 10.0 Å². The molecule has 3 aromatic rings. The van der Waals surface area contributed by atoms with Gasteiger partial charge in [0, 0.05) is 7.05 Å². The predicted molar refractivity (Wildman–Crippen MR) is 113 cm³/mol. The van der Waals surface area contributed by atoms with Crippen LogP contribution in [0.4, 0.5) is 5.69 Å². The van der Waals surface area contributed by atoms with Gasteiger partial charge in [-0.2, -0.15) is 0 Å². The summed E-state index contributed by atoms with van der Waals surface area (Å²) < 4.78 is 42.7. The Labute approximate surface area is 175 Å². The van der Waals surface area contributed by atoms with Crippen LogP contribution in [0.15, 0.2) is 77.7 Å². The van der Waals surface area contributed by atoms with E-state index < -0.39 is 16.0 Å². The number of hydrogen-bond acceptors (Lipinski definition) is 6. The monoisotopic (exact) mass is 427 g/mol. The van der Waals surface area contributed by atoms with Gasteiger partial charge in [-0.15, -0.1) is 0 Å². The van der Waals surface area contributed by atoms with Gasteiger partial charge in [0.15, 0.2) is 0 Å². The number of para-hydroxylation sites is 2. The summed E-state index contributed by atoms with van der Waals surface area (Å²) in [6.07, 6.45) is 0. The van der Waals surface area contributed by atoms with E-state index in [9.17, 15) is 13.2 Å². The van der Waals surface area contributed by atoms with Crippen LogP contribution < -0.4 is 18.5 Å². The van der Waals surface area contributed by atoms with Crippen LogP contribution in [0.25, 0.3) is 0 Å². The van der Waals surface area contributed by atoms with E-state index in [0.717, 1.165) is 4.31 Å². The highest BCUT2D eigenvalue weighted by Crippen LogP contribution is 2.31. The van der Waals surface area contributed by atoms with Crippen LogP contribution in [-0.2, 0) is 10.0 Å². The number of ether oxygens (including phenoxy) is 3. The molecule has 30 heavy (non-hydrogen) atoms. The van der Waals surface area contributed by atoms with Crippen LogP contribution in [0, 0.1) is 0 Å². The third kappa shape index (κ3) is 4.38. The van der Waals surface area contributed by atoms with Crippen molar-refractivity contribution >= 4 is 21.7 Å². The van der Waals surface area contributed by atoms with Crippen molar-refractivity contribution in [2.45, 2.75) is 4.90 Å². The molecule has 0 unspecified atom stereocenters. The van der Waals surface area contributed by atoms with Gasteiger partial charge in [-0.3, -0.25) is 4.31 Å². The van der Waals surface area contributed by atoms with E-state index in [1.165, 1.54) is 38.4 Å². The molecule has 3 rings (SSSR count). The van der Waals surface area contributed by atoms with E-state index >= 15 is 0 Å². The summed E-state index contributed by atoms with van der Waals surface area (Å²) in [5.41, 5.74) is 0.632. The van der Waals surface area contributed by atoms with Gasteiger partial charge in [0.05, 0.1) is 30.4 Å². The van der Waals surface area contributed by atoms with Crippen molar-refractivity contribution in [2.75, 3.05) is 25.6 Å². The largest absolute Gasteiger partial charge is 0.497 e. The average Bonchev–Trinajstić information content (AvgIpc) is 2.79. The highest BCUT2D eigenvalue weighted by atomic mass is 32.2. The first-order valence-electron chi connectivity index (χ1n) is 8.95. The highest BCUT2D eigenvalue weighted by molar-refractivity contribution is 7.92. The number of rotatable bonds is 7. The van der Waals surface area contributed by atoms with Crippen molar-refractivity contribution in [2.24, 2.45) is 0 Å². The molecule has 0 saturated carbocycles. The second kappa shape index (κ2) is 8.87. The number of nitrogens with zero attached hydrogens (tertiary/aromatic N) is 1. The second-order valence-corrected chi connectivity index (χ2v) is 8.20.